The van der Waals surface area contributed by atoms with Gasteiger partial charge in [-0.25, -0.2) is 4.79 Å². The van der Waals surface area contributed by atoms with Crippen LogP contribution < -0.4 is 5.32 Å². The van der Waals surface area contributed by atoms with Gasteiger partial charge >= 0.3 is 5.97 Å². The van der Waals surface area contributed by atoms with Gasteiger partial charge in [-0.3, -0.25) is 4.79 Å². The fourth-order valence-electron chi connectivity index (χ4n) is 3.91. The molecule has 2 aromatic rings. The molecule has 0 aromatic heterocycles. The van der Waals surface area contributed by atoms with Crippen molar-refractivity contribution in [1.29, 1.82) is 0 Å². The SMILES string of the molecule is COC(=O)[C@H](CC(C)C)NC(=O)C1[C@@H](c2ccccc2)[C@H]1c1ccccc1. The maximum atomic E-state index is 13.1. The Kier molecular flexibility index (Phi) is 5.94. The molecule has 1 amide bonds. The highest BCUT2D eigenvalue weighted by Gasteiger charge is 2.56. The predicted octanol–water partition coefficient (Wildman–Crippen LogP) is 3.89. The molecule has 3 rings (SSSR count). The van der Waals surface area contributed by atoms with Crippen LogP contribution in [0.3, 0.4) is 0 Å². The summed E-state index contributed by atoms with van der Waals surface area (Å²) in [6.07, 6.45) is 0.567. The molecule has 1 fully saturated rings. The highest BCUT2D eigenvalue weighted by molar-refractivity contribution is 5.89. The molecule has 2 aromatic carbocycles. The fraction of sp³-hybridized carbons (Fsp3) is 0.391. The number of carbonyl (C=O) groups excluding carboxylic acids is 2. The predicted molar refractivity (Wildman–Crippen MR) is 105 cm³/mol. The molecule has 4 nitrogen and oxygen atoms in total. The third kappa shape index (κ3) is 4.38. The number of hydrogen-bond donors (Lipinski definition) is 1. The van der Waals surface area contributed by atoms with Crippen molar-refractivity contribution < 1.29 is 14.3 Å². The van der Waals surface area contributed by atoms with Crippen LogP contribution in [0.4, 0.5) is 0 Å². The van der Waals surface area contributed by atoms with Crippen LogP contribution in [0.5, 0.6) is 0 Å². The molecule has 0 radical (unpaired) electrons. The number of esters is 1. The Morgan fingerprint density at radius 3 is 1.81 bits per heavy atom. The van der Waals surface area contributed by atoms with E-state index in [2.05, 4.69) is 29.6 Å². The minimum atomic E-state index is -0.601. The number of ether oxygens (including phenoxy) is 1. The van der Waals surface area contributed by atoms with Crippen LogP contribution in [0.25, 0.3) is 0 Å². The summed E-state index contributed by atoms with van der Waals surface area (Å²) in [6, 6.07) is 19.6. The lowest BCUT2D eigenvalue weighted by Crippen LogP contribution is -2.43. The van der Waals surface area contributed by atoms with Gasteiger partial charge in [0.2, 0.25) is 5.91 Å². The Hall–Kier alpha value is -2.62. The smallest absolute Gasteiger partial charge is 0.328 e. The molecule has 0 spiro atoms. The Morgan fingerprint density at radius 1 is 0.926 bits per heavy atom. The van der Waals surface area contributed by atoms with Gasteiger partial charge in [0.15, 0.2) is 0 Å². The van der Waals surface area contributed by atoms with Crippen LogP contribution in [0, 0.1) is 11.8 Å². The fourth-order valence-corrected chi connectivity index (χ4v) is 3.91. The summed E-state index contributed by atoms with van der Waals surface area (Å²) in [6.45, 7) is 4.05. The topological polar surface area (TPSA) is 55.4 Å². The van der Waals surface area contributed by atoms with E-state index in [1.54, 1.807) is 0 Å². The highest BCUT2D eigenvalue weighted by Crippen LogP contribution is 2.60. The molecule has 1 aliphatic carbocycles. The summed E-state index contributed by atoms with van der Waals surface area (Å²) in [5, 5.41) is 2.95. The molecule has 0 saturated heterocycles. The highest BCUT2D eigenvalue weighted by atomic mass is 16.5. The summed E-state index contributed by atoms with van der Waals surface area (Å²) in [7, 11) is 1.36. The zero-order valence-electron chi connectivity index (χ0n) is 16.1. The molecule has 142 valence electrons. The van der Waals surface area contributed by atoms with Gasteiger partial charge in [0.25, 0.3) is 0 Å². The van der Waals surface area contributed by atoms with Gasteiger partial charge < -0.3 is 10.1 Å². The van der Waals surface area contributed by atoms with E-state index < -0.39 is 6.04 Å². The standard InChI is InChI=1S/C23H27NO3/c1-15(2)14-18(23(26)27-3)24-22(25)21-19(16-10-6-4-7-11-16)20(21)17-12-8-5-9-13-17/h4-13,15,18-21H,14H2,1-3H3,(H,24,25)/t18-,19-,20+,21?/m0/s1. The van der Waals surface area contributed by atoms with Gasteiger partial charge in [0.05, 0.1) is 13.0 Å². The second-order valence-electron chi connectivity index (χ2n) is 7.61. The third-order valence-electron chi connectivity index (χ3n) is 5.20. The first kappa shape index (κ1) is 19.2. The summed E-state index contributed by atoms with van der Waals surface area (Å²) in [5.74, 6) is -0.0894. The lowest BCUT2D eigenvalue weighted by molar-refractivity contribution is -0.145. The van der Waals surface area contributed by atoms with Gasteiger partial charge in [-0.15, -0.1) is 0 Å². The van der Waals surface area contributed by atoms with E-state index in [-0.39, 0.29) is 35.5 Å². The largest absolute Gasteiger partial charge is 0.467 e. The van der Waals surface area contributed by atoms with Gasteiger partial charge in [0, 0.05) is 11.8 Å². The van der Waals surface area contributed by atoms with Crippen molar-refractivity contribution in [1.82, 2.24) is 5.32 Å². The average Bonchev–Trinajstić information content (AvgIpc) is 3.43. The van der Waals surface area contributed by atoms with Crippen LogP contribution in [0.2, 0.25) is 0 Å². The first-order valence-electron chi connectivity index (χ1n) is 9.51. The lowest BCUT2D eigenvalue weighted by Gasteiger charge is -2.18. The van der Waals surface area contributed by atoms with Crippen LogP contribution in [0.1, 0.15) is 43.2 Å². The number of hydrogen-bond acceptors (Lipinski definition) is 3. The number of methoxy groups -OCH3 is 1. The van der Waals surface area contributed by atoms with Crippen molar-refractivity contribution >= 4 is 11.9 Å². The van der Waals surface area contributed by atoms with Crippen molar-refractivity contribution in [3.8, 4) is 0 Å². The first-order chi connectivity index (χ1) is 13.0. The number of rotatable bonds is 7. The number of carbonyl (C=O) groups is 2. The summed E-state index contributed by atoms with van der Waals surface area (Å²) in [5.41, 5.74) is 2.31. The van der Waals surface area contributed by atoms with Crippen molar-refractivity contribution in [2.45, 2.75) is 38.1 Å². The van der Waals surface area contributed by atoms with Crippen molar-refractivity contribution in [2.24, 2.45) is 11.8 Å². The molecule has 1 saturated carbocycles. The molecule has 0 bridgehead atoms. The molecule has 4 heteroatoms. The van der Waals surface area contributed by atoms with E-state index in [4.69, 9.17) is 4.74 Å². The van der Waals surface area contributed by atoms with E-state index >= 15 is 0 Å². The van der Waals surface area contributed by atoms with Crippen molar-refractivity contribution in [3.63, 3.8) is 0 Å². The molecule has 1 aliphatic rings. The van der Waals surface area contributed by atoms with Gasteiger partial charge in [-0.05, 0) is 23.5 Å². The number of nitrogens with one attached hydrogen (secondary N) is 1. The minimum Gasteiger partial charge on any atom is -0.467 e. The average molecular weight is 365 g/mol. The van der Waals surface area contributed by atoms with E-state index in [0.29, 0.717) is 6.42 Å². The Morgan fingerprint density at radius 2 is 1.41 bits per heavy atom. The van der Waals surface area contributed by atoms with Crippen LogP contribution >= 0.6 is 0 Å². The number of benzene rings is 2. The molecule has 0 aliphatic heterocycles. The monoisotopic (exact) mass is 365 g/mol. The normalized spacial score (nSPS) is 22.1. The summed E-state index contributed by atoms with van der Waals surface area (Å²) in [4.78, 5) is 25.2. The van der Waals surface area contributed by atoms with Crippen molar-refractivity contribution in [2.75, 3.05) is 7.11 Å². The van der Waals surface area contributed by atoms with Crippen molar-refractivity contribution in [3.05, 3.63) is 71.8 Å². The second-order valence-corrected chi connectivity index (χ2v) is 7.61. The molecular weight excluding hydrogens is 338 g/mol. The molecule has 1 unspecified atom stereocenters. The Bertz CT molecular complexity index is 727. The Balaban J connectivity index is 1.81. The van der Waals surface area contributed by atoms with E-state index in [1.165, 1.54) is 7.11 Å². The summed E-state index contributed by atoms with van der Waals surface area (Å²) >= 11 is 0. The van der Waals surface area contributed by atoms with E-state index in [9.17, 15) is 9.59 Å². The van der Waals surface area contributed by atoms with Crippen LogP contribution in [-0.2, 0) is 14.3 Å². The molecule has 0 heterocycles. The zero-order chi connectivity index (χ0) is 19.4. The lowest BCUT2D eigenvalue weighted by atomic mass is 10.0. The number of amides is 1. The van der Waals surface area contributed by atoms with Crippen LogP contribution in [0.15, 0.2) is 60.7 Å². The van der Waals surface area contributed by atoms with Gasteiger partial charge in [0.1, 0.15) is 6.04 Å². The van der Waals surface area contributed by atoms with Gasteiger partial charge in [-0.2, -0.15) is 0 Å². The molecular formula is C23H27NO3. The zero-order valence-corrected chi connectivity index (χ0v) is 16.1. The molecule has 1 N–H and O–H groups in total. The molecule has 27 heavy (non-hydrogen) atoms. The third-order valence-corrected chi connectivity index (χ3v) is 5.20. The quantitative estimate of drug-likeness (QED) is 0.758. The maximum absolute atomic E-state index is 13.1. The van der Waals surface area contributed by atoms with Crippen LogP contribution in [-0.4, -0.2) is 25.0 Å². The maximum Gasteiger partial charge on any atom is 0.328 e. The second kappa shape index (κ2) is 8.38. The molecule has 4 atom stereocenters. The Labute approximate surface area is 160 Å². The van der Waals surface area contributed by atoms with E-state index in [1.807, 2.05) is 50.2 Å². The van der Waals surface area contributed by atoms with E-state index in [0.717, 1.165) is 11.1 Å². The van der Waals surface area contributed by atoms with Gasteiger partial charge in [-0.1, -0.05) is 74.5 Å². The first-order valence-corrected chi connectivity index (χ1v) is 9.51. The minimum absolute atomic E-state index is 0.0752. The summed E-state index contributed by atoms with van der Waals surface area (Å²) < 4.78 is 4.88.